The van der Waals surface area contributed by atoms with Gasteiger partial charge in [-0.1, -0.05) is 5.92 Å². The molecular formula is C6H9NO3. The molecule has 0 rings (SSSR count). The fraction of sp³-hybridized carbons (Fsp3) is 0.500. The Kier molecular flexibility index (Phi) is 5.20. The summed E-state index contributed by atoms with van der Waals surface area (Å²) in [7, 11) is 0. The first-order chi connectivity index (χ1) is 4.81. The predicted octanol–water partition coefficient (Wildman–Crippen LogP) is -0.268. The van der Waals surface area contributed by atoms with E-state index in [1.807, 2.05) is 0 Å². The molecule has 0 aromatic carbocycles. The molecule has 0 unspecified atom stereocenters. The molecule has 0 saturated heterocycles. The largest absolute Gasteiger partial charge is 0.509 e. The third-order valence-corrected chi connectivity index (χ3v) is 0.611. The second kappa shape index (κ2) is 5.92. The predicted molar refractivity (Wildman–Crippen MR) is 35.2 cm³/mol. The quantitative estimate of drug-likeness (QED) is 0.436. The van der Waals surface area contributed by atoms with Crippen molar-refractivity contribution in [3.8, 4) is 12.3 Å². The van der Waals surface area contributed by atoms with Gasteiger partial charge in [-0.25, -0.2) is 4.79 Å². The van der Waals surface area contributed by atoms with E-state index in [0.29, 0.717) is 0 Å². The van der Waals surface area contributed by atoms with Crippen LogP contribution in [0.15, 0.2) is 0 Å². The van der Waals surface area contributed by atoms with Gasteiger partial charge in [-0.05, 0) is 0 Å². The van der Waals surface area contributed by atoms with Crippen LogP contribution in [-0.2, 0) is 9.47 Å². The van der Waals surface area contributed by atoms with Gasteiger partial charge in [0.15, 0.2) is 6.61 Å². The van der Waals surface area contributed by atoms with E-state index in [1.165, 1.54) is 0 Å². The number of nitrogens with two attached hydrogens (primary N) is 1. The SMILES string of the molecule is C#CCOC(=O)OCCN. The van der Waals surface area contributed by atoms with E-state index in [4.69, 9.17) is 12.2 Å². The minimum absolute atomic E-state index is 0.0661. The van der Waals surface area contributed by atoms with E-state index in [9.17, 15) is 4.79 Å². The summed E-state index contributed by atoms with van der Waals surface area (Å²) >= 11 is 0. The van der Waals surface area contributed by atoms with E-state index in [-0.39, 0.29) is 19.8 Å². The Morgan fingerprint density at radius 2 is 2.30 bits per heavy atom. The molecule has 10 heavy (non-hydrogen) atoms. The Bertz CT molecular complexity index is 138. The van der Waals surface area contributed by atoms with E-state index < -0.39 is 6.16 Å². The molecule has 0 atom stereocenters. The lowest BCUT2D eigenvalue weighted by Crippen LogP contribution is -2.14. The van der Waals surface area contributed by atoms with Crippen LogP contribution in [0, 0.1) is 12.3 Å². The van der Waals surface area contributed by atoms with E-state index in [2.05, 4.69) is 15.4 Å². The first-order valence-electron chi connectivity index (χ1n) is 2.74. The zero-order chi connectivity index (χ0) is 7.82. The first kappa shape index (κ1) is 8.79. The molecule has 0 aliphatic carbocycles. The van der Waals surface area contributed by atoms with Gasteiger partial charge >= 0.3 is 6.16 Å². The van der Waals surface area contributed by atoms with Crippen LogP contribution in [0.3, 0.4) is 0 Å². The number of ether oxygens (including phenoxy) is 2. The lowest BCUT2D eigenvalue weighted by Gasteiger charge is -2.00. The number of carbonyl (C=O) groups excluding carboxylic acids is 1. The normalized spacial score (nSPS) is 8.00. The van der Waals surface area contributed by atoms with Gasteiger partial charge in [-0.3, -0.25) is 0 Å². The van der Waals surface area contributed by atoms with Crippen molar-refractivity contribution in [3.05, 3.63) is 0 Å². The molecule has 0 radical (unpaired) electrons. The maximum atomic E-state index is 10.4. The molecule has 0 amide bonds. The highest BCUT2D eigenvalue weighted by molar-refractivity contribution is 5.60. The molecule has 0 fully saturated rings. The Balaban J connectivity index is 3.19. The van der Waals surface area contributed by atoms with Crippen molar-refractivity contribution in [1.29, 1.82) is 0 Å². The minimum Gasteiger partial charge on any atom is -0.433 e. The average Bonchev–Trinajstić information content (AvgIpc) is 1.97. The van der Waals surface area contributed by atoms with Gasteiger partial charge in [0.05, 0.1) is 0 Å². The summed E-state index contributed by atoms with van der Waals surface area (Å²) in [4.78, 5) is 10.4. The average molecular weight is 143 g/mol. The van der Waals surface area contributed by atoms with Crippen LogP contribution in [-0.4, -0.2) is 25.9 Å². The van der Waals surface area contributed by atoms with E-state index in [1.54, 1.807) is 0 Å². The highest BCUT2D eigenvalue weighted by atomic mass is 16.7. The van der Waals surface area contributed by atoms with Crippen molar-refractivity contribution in [2.45, 2.75) is 0 Å². The molecule has 0 bridgehead atoms. The summed E-state index contributed by atoms with van der Waals surface area (Å²) in [5.41, 5.74) is 5.03. The molecule has 0 heterocycles. The minimum atomic E-state index is -0.775. The summed E-state index contributed by atoms with van der Waals surface area (Å²) in [6, 6.07) is 0. The van der Waals surface area contributed by atoms with E-state index in [0.717, 1.165) is 0 Å². The second-order valence-electron chi connectivity index (χ2n) is 1.38. The molecule has 4 heteroatoms. The molecule has 0 aromatic rings. The zero-order valence-electron chi connectivity index (χ0n) is 5.50. The zero-order valence-corrected chi connectivity index (χ0v) is 5.50. The van der Waals surface area contributed by atoms with Gasteiger partial charge in [0.2, 0.25) is 0 Å². The summed E-state index contributed by atoms with van der Waals surface area (Å²) in [6.07, 6.45) is 4.02. The topological polar surface area (TPSA) is 61.5 Å². The molecular weight excluding hydrogens is 134 g/mol. The van der Waals surface area contributed by atoms with Gasteiger partial charge in [-0.2, -0.15) is 0 Å². The van der Waals surface area contributed by atoms with Crippen LogP contribution in [0.2, 0.25) is 0 Å². The van der Waals surface area contributed by atoms with Crippen molar-refractivity contribution in [2.75, 3.05) is 19.8 Å². The Labute approximate surface area is 59.3 Å². The van der Waals surface area contributed by atoms with Crippen LogP contribution >= 0.6 is 0 Å². The smallest absolute Gasteiger partial charge is 0.433 e. The van der Waals surface area contributed by atoms with Crippen LogP contribution in [0.5, 0.6) is 0 Å². The van der Waals surface area contributed by atoms with Gasteiger partial charge < -0.3 is 15.2 Å². The van der Waals surface area contributed by atoms with Crippen molar-refractivity contribution in [3.63, 3.8) is 0 Å². The number of hydrogen-bond acceptors (Lipinski definition) is 4. The summed E-state index contributed by atoms with van der Waals surface area (Å²) in [5, 5.41) is 0. The Morgan fingerprint density at radius 1 is 1.60 bits per heavy atom. The summed E-state index contributed by atoms with van der Waals surface area (Å²) < 4.78 is 8.75. The summed E-state index contributed by atoms with van der Waals surface area (Å²) in [6.45, 7) is 0.373. The van der Waals surface area contributed by atoms with Crippen LogP contribution < -0.4 is 5.73 Å². The standard InChI is InChI=1S/C6H9NO3/c1-2-4-9-6(8)10-5-3-7/h1H,3-5,7H2. The molecule has 0 saturated carbocycles. The summed E-state index contributed by atoms with van der Waals surface area (Å²) in [5.74, 6) is 2.12. The van der Waals surface area contributed by atoms with Crippen LogP contribution in [0.4, 0.5) is 4.79 Å². The maximum absolute atomic E-state index is 10.4. The van der Waals surface area contributed by atoms with Crippen molar-refractivity contribution >= 4 is 6.16 Å². The van der Waals surface area contributed by atoms with Crippen LogP contribution in [0.25, 0.3) is 0 Å². The highest BCUT2D eigenvalue weighted by Gasteiger charge is 1.98. The highest BCUT2D eigenvalue weighted by Crippen LogP contribution is 1.82. The molecule has 0 spiro atoms. The first-order valence-corrected chi connectivity index (χ1v) is 2.74. The number of rotatable bonds is 3. The molecule has 0 aliphatic rings. The van der Waals surface area contributed by atoms with Crippen molar-refractivity contribution < 1.29 is 14.3 Å². The molecule has 0 aliphatic heterocycles. The van der Waals surface area contributed by atoms with Gasteiger partial charge in [-0.15, -0.1) is 6.42 Å². The van der Waals surface area contributed by atoms with Crippen molar-refractivity contribution in [2.24, 2.45) is 5.73 Å². The third-order valence-electron chi connectivity index (χ3n) is 0.611. The monoisotopic (exact) mass is 143 g/mol. The van der Waals surface area contributed by atoms with Gasteiger partial charge in [0.25, 0.3) is 0 Å². The fourth-order valence-electron chi connectivity index (χ4n) is 0.285. The number of carbonyl (C=O) groups is 1. The molecule has 0 aromatic heterocycles. The van der Waals surface area contributed by atoms with Gasteiger partial charge in [0.1, 0.15) is 6.61 Å². The Morgan fingerprint density at radius 3 is 2.80 bits per heavy atom. The van der Waals surface area contributed by atoms with Crippen molar-refractivity contribution in [1.82, 2.24) is 0 Å². The molecule has 56 valence electrons. The van der Waals surface area contributed by atoms with Crippen LogP contribution in [0.1, 0.15) is 0 Å². The third kappa shape index (κ3) is 4.94. The Hall–Kier alpha value is -1.21. The second-order valence-corrected chi connectivity index (χ2v) is 1.38. The maximum Gasteiger partial charge on any atom is 0.509 e. The lowest BCUT2D eigenvalue weighted by molar-refractivity contribution is 0.0669. The number of terminal acetylenes is 1. The molecule has 4 nitrogen and oxygen atoms in total. The molecule has 2 N–H and O–H groups in total. The number of hydrogen-bond donors (Lipinski definition) is 1. The van der Waals surface area contributed by atoms with E-state index >= 15 is 0 Å². The lowest BCUT2D eigenvalue weighted by atomic mass is 10.7. The van der Waals surface area contributed by atoms with Gasteiger partial charge in [0, 0.05) is 6.54 Å². The fourth-order valence-corrected chi connectivity index (χ4v) is 0.285.